The first kappa shape index (κ1) is 18.2. The number of unbranched alkanes of at least 4 members (excludes halogenated alkanes) is 9. The van der Waals surface area contributed by atoms with Gasteiger partial charge in [-0.2, -0.15) is 0 Å². The van der Waals surface area contributed by atoms with Crippen molar-refractivity contribution in [1.82, 2.24) is 0 Å². The molecule has 0 atom stereocenters. The maximum atomic E-state index is 5.63. The molecule has 21 heavy (non-hydrogen) atoms. The third-order valence-electron chi connectivity index (χ3n) is 3.74. The van der Waals surface area contributed by atoms with Crippen LogP contribution in [-0.2, 0) is 4.74 Å². The Morgan fingerprint density at radius 2 is 1.33 bits per heavy atom. The minimum atomic E-state index is 0.631. The molecular formula is C19H30OS. The largest absolute Gasteiger partial charge is 0.483 e. The quantitative estimate of drug-likeness (QED) is 0.331. The third-order valence-corrected chi connectivity index (χ3v) is 4.09. The summed E-state index contributed by atoms with van der Waals surface area (Å²) in [5.74, 6) is 0. The molecule has 0 aliphatic carbocycles. The molecule has 1 nitrogen and oxygen atoms in total. The van der Waals surface area contributed by atoms with Crippen LogP contribution in [0, 0.1) is 0 Å². The van der Waals surface area contributed by atoms with Crippen LogP contribution >= 0.6 is 12.2 Å². The summed E-state index contributed by atoms with van der Waals surface area (Å²) < 4.78 is 5.63. The average Bonchev–Trinajstić information content (AvgIpc) is 2.53. The van der Waals surface area contributed by atoms with Gasteiger partial charge in [-0.3, -0.25) is 0 Å². The van der Waals surface area contributed by atoms with Gasteiger partial charge in [-0.05, 0) is 18.6 Å². The molecule has 1 aromatic carbocycles. The molecular weight excluding hydrogens is 276 g/mol. The zero-order valence-corrected chi connectivity index (χ0v) is 14.3. The predicted molar refractivity (Wildman–Crippen MR) is 95.9 cm³/mol. The van der Waals surface area contributed by atoms with Crippen LogP contribution < -0.4 is 0 Å². The Kier molecular flexibility index (Phi) is 11.1. The Bertz CT molecular complexity index is 361. The summed E-state index contributed by atoms with van der Waals surface area (Å²) >= 11 is 5.27. The lowest BCUT2D eigenvalue weighted by Gasteiger charge is -2.07. The standard InChI is InChI=1S/C19H30OS/c1-2-3-4-5-6-7-8-9-10-14-17-20-19(21)18-15-12-11-13-16-18/h11-13,15-16H,2-10,14,17H2,1H3. The van der Waals surface area contributed by atoms with Crippen LogP contribution in [0.2, 0.25) is 0 Å². The number of rotatable bonds is 12. The molecule has 0 radical (unpaired) electrons. The van der Waals surface area contributed by atoms with Crippen LogP contribution in [0.4, 0.5) is 0 Å². The molecule has 0 saturated carbocycles. The summed E-state index contributed by atoms with van der Waals surface area (Å²) in [5, 5.41) is 0.631. The number of hydrogen-bond donors (Lipinski definition) is 0. The third kappa shape index (κ3) is 9.62. The highest BCUT2D eigenvalue weighted by molar-refractivity contribution is 7.80. The molecule has 1 rings (SSSR count). The molecule has 2 heteroatoms. The zero-order valence-electron chi connectivity index (χ0n) is 13.5. The van der Waals surface area contributed by atoms with E-state index in [2.05, 4.69) is 6.92 Å². The van der Waals surface area contributed by atoms with E-state index in [-0.39, 0.29) is 0 Å². The Morgan fingerprint density at radius 3 is 1.90 bits per heavy atom. The molecule has 0 bridgehead atoms. The summed E-state index contributed by atoms with van der Waals surface area (Å²) in [6.45, 7) is 3.02. The topological polar surface area (TPSA) is 9.23 Å². The van der Waals surface area contributed by atoms with Crippen LogP contribution in [0.3, 0.4) is 0 Å². The summed E-state index contributed by atoms with van der Waals surface area (Å²) in [7, 11) is 0. The highest BCUT2D eigenvalue weighted by Crippen LogP contribution is 2.11. The maximum Gasteiger partial charge on any atom is 0.191 e. The van der Waals surface area contributed by atoms with Crippen LogP contribution in [0.25, 0.3) is 0 Å². The Hall–Kier alpha value is -0.890. The van der Waals surface area contributed by atoms with Gasteiger partial charge in [0.2, 0.25) is 0 Å². The molecule has 0 N–H and O–H groups in total. The highest BCUT2D eigenvalue weighted by atomic mass is 32.1. The average molecular weight is 307 g/mol. The van der Waals surface area contributed by atoms with Crippen molar-refractivity contribution in [3.8, 4) is 0 Å². The van der Waals surface area contributed by atoms with Crippen molar-refractivity contribution < 1.29 is 4.74 Å². The number of benzene rings is 1. The second kappa shape index (κ2) is 12.8. The monoisotopic (exact) mass is 306 g/mol. The van der Waals surface area contributed by atoms with Crippen molar-refractivity contribution in [3.63, 3.8) is 0 Å². The molecule has 0 spiro atoms. The fourth-order valence-electron chi connectivity index (χ4n) is 2.41. The molecule has 0 unspecified atom stereocenters. The fraction of sp³-hybridized carbons (Fsp3) is 0.632. The van der Waals surface area contributed by atoms with Gasteiger partial charge in [0.15, 0.2) is 5.05 Å². The van der Waals surface area contributed by atoms with Gasteiger partial charge in [0.05, 0.1) is 6.61 Å². The maximum absolute atomic E-state index is 5.63. The van der Waals surface area contributed by atoms with Crippen LogP contribution in [0.15, 0.2) is 30.3 Å². The second-order valence-electron chi connectivity index (χ2n) is 5.68. The lowest BCUT2D eigenvalue weighted by Crippen LogP contribution is -2.04. The minimum absolute atomic E-state index is 0.631. The molecule has 0 aliphatic heterocycles. The van der Waals surface area contributed by atoms with E-state index in [1.54, 1.807) is 0 Å². The Labute approximate surface area is 136 Å². The van der Waals surface area contributed by atoms with Crippen molar-refractivity contribution in [2.24, 2.45) is 0 Å². The van der Waals surface area contributed by atoms with E-state index in [1.807, 2.05) is 30.3 Å². The van der Waals surface area contributed by atoms with Crippen LogP contribution in [-0.4, -0.2) is 11.7 Å². The summed E-state index contributed by atoms with van der Waals surface area (Å²) in [5.41, 5.74) is 1.01. The SMILES string of the molecule is CCCCCCCCCCCCOC(=S)c1ccccc1. The van der Waals surface area contributed by atoms with Gasteiger partial charge in [0.25, 0.3) is 0 Å². The van der Waals surface area contributed by atoms with Crippen molar-refractivity contribution in [3.05, 3.63) is 35.9 Å². The molecule has 1 aromatic rings. The van der Waals surface area contributed by atoms with E-state index >= 15 is 0 Å². The van der Waals surface area contributed by atoms with E-state index in [0.717, 1.165) is 18.6 Å². The van der Waals surface area contributed by atoms with Crippen molar-refractivity contribution in [2.45, 2.75) is 71.1 Å². The molecule has 0 aliphatic rings. The summed E-state index contributed by atoms with van der Waals surface area (Å²) in [6, 6.07) is 9.98. The lowest BCUT2D eigenvalue weighted by molar-refractivity contribution is 0.300. The van der Waals surface area contributed by atoms with Gasteiger partial charge < -0.3 is 4.74 Å². The van der Waals surface area contributed by atoms with E-state index < -0.39 is 0 Å². The summed E-state index contributed by atoms with van der Waals surface area (Å²) in [4.78, 5) is 0. The molecule has 118 valence electrons. The van der Waals surface area contributed by atoms with E-state index in [1.165, 1.54) is 57.8 Å². The van der Waals surface area contributed by atoms with Gasteiger partial charge in [0, 0.05) is 5.56 Å². The molecule has 0 heterocycles. The normalized spacial score (nSPS) is 10.5. The number of ether oxygens (including phenoxy) is 1. The van der Waals surface area contributed by atoms with Gasteiger partial charge >= 0.3 is 0 Å². The van der Waals surface area contributed by atoms with E-state index in [0.29, 0.717) is 5.05 Å². The van der Waals surface area contributed by atoms with Crippen LogP contribution in [0.5, 0.6) is 0 Å². The molecule has 0 fully saturated rings. The van der Waals surface area contributed by atoms with Gasteiger partial charge in [0.1, 0.15) is 0 Å². The Balaban J connectivity index is 1.88. The van der Waals surface area contributed by atoms with Gasteiger partial charge in [-0.25, -0.2) is 0 Å². The zero-order chi connectivity index (χ0) is 15.2. The number of hydrogen-bond acceptors (Lipinski definition) is 2. The summed E-state index contributed by atoms with van der Waals surface area (Å²) in [6.07, 6.45) is 13.5. The first-order valence-electron chi connectivity index (χ1n) is 8.56. The van der Waals surface area contributed by atoms with Crippen LogP contribution in [0.1, 0.15) is 76.7 Å². The van der Waals surface area contributed by atoms with Crippen molar-refractivity contribution >= 4 is 17.3 Å². The Morgan fingerprint density at radius 1 is 0.810 bits per heavy atom. The molecule has 0 aromatic heterocycles. The van der Waals surface area contributed by atoms with Gasteiger partial charge in [-0.1, -0.05) is 95.0 Å². The predicted octanol–water partition coefficient (Wildman–Crippen LogP) is 6.30. The molecule has 0 saturated heterocycles. The highest BCUT2D eigenvalue weighted by Gasteiger charge is 2.00. The smallest absolute Gasteiger partial charge is 0.191 e. The van der Waals surface area contributed by atoms with Gasteiger partial charge in [-0.15, -0.1) is 0 Å². The lowest BCUT2D eigenvalue weighted by atomic mass is 10.1. The van der Waals surface area contributed by atoms with E-state index in [4.69, 9.17) is 17.0 Å². The number of thiocarbonyl (C=S) groups is 1. The molecule has 0 amide bonds. The second-order valence-corrected chi connectivity index (χ2v) is 6.05. The first-order valence-corrected chi connectivity index (χ1v) is 8.97. The minimum Gasteiger partial charge on any atom is -0.483 e. The van der Waals surface area contributed by atoms with Crippen molar-refractivity contribution in [2.75, 3.05) is 6.61 Å². The first-order chi connectivity index (χ1) is 10.3. The fourth-order valence-corrected chi connectivity index (χ4v) is 2.63. The van der Waals surface area contributed by atoms with E-state index in [9.17, 15) is 0 Å². The van der Waals surface area contributed by atoms with Crippen molar-refractivity contribution in [1.29, 1.82) is 0 Å².